The molecule has 118 valence electrons. The van der Waals surface area contributed by atoms with Crippen molar-refractivity contribution < 1.29 is 0 Å². The summed E-state index contributed by atoms with van der Waals surface area (Å²) in [5.41, 5.74) is 3.64. The predicted octanol–water partition coefficient (Wildman–Crippen LogP) is 4.19. The van der Waals surface area contributed by atoms with Gasteiger partial charge in [-0.25, -0.2) is 0 Å². The number of nitrogens with one attached hydrogen (secondary N) is 1. The van der Waals surface area contributed by atoms with E-state index in [0.717, 1.165) is 24.3 Å². The molecule has 1 fully saturated rings. The first kappa shape index (κ1) is 16.9. The molecule has 1 aliphatic rings. The zero-order valence-electron chi connectivity index (χ0n) is 12.3. The van der Waals surface area contributed by atoms with Crippen LogP contribution in [0.15, 0.2) is 41.2 Å². The van der Waals surface area contributed by atoms with Crippen LogP contribution in [0.2, 0.25) is 0 Å². The average molecular weight is 339 g/mol. The fraction of sp³-hybridized carbons (Fsp3) is 0.353. The largest absolute Gasteiger partial charge is 0.371 e. The van der Waals surface area contributed by atoms with E-state index in [-0.39, 0.29) is 23.8 Å². The van der Waals surface area contributed by atoms with Crippen LogP contribution in [0.25, 0.3) is 11.3 Å². The van der Waals surface area contributed by atoms with Crippen molar-refractivity contribution in [1.29, 1.82) is 0 Å². The third-order valence-corrected chi connectivity index (χ3v) is 4.31. The molecule has 2 heterocycles. The molecule has 1 aliphatic heterocycles. The average Bonchev–Trinajstić information content (AvgIpc) is 2.55. The van der Waals surface area contributed by atoms with Crippen molar-refractivity contribution in [3.05, 3.63) is 52.3 Å². The van der Waals surface area contributed by atoms with Crippen molar-refractivity contribution in [1.82, 2.24) is 4.98 Å². The van der Waals surface area contributed by atoms with Gasteiger partial charge in [0.05, 0.1) is 11.6 Å². The van der Waals surface area contributed by atoms with Crippen molar-refractivity contribution in [2.24, 2.45) is 0 Å². The number of H-pyrrole nitrogens is 1. The van der Waals surface area contributed by atoms with E-state index in [4.69, 9.17) is 11.6 Å². The molecule has 1 saturated heterocycles. The molecule has 3 rings (SSSR count). The SMILES string of the molecule is Cl.O=c1[nH]c(-c2ccccc2N2CCCCC2)ccc1CCl. The van der Waals surface area contributed by atoms with Gasteiger partial charge in [0.1, 0.15) is 0 Å². The smallest absolute Gasteiger partial charge is 0.252 e. The zero-order chi connectivity index (χ0) is 14.7. The third kappa shape index (κ3) is 3.47. The topological polar surface area (TPSA) is 36.1 Å². The lowest BCUT2D eigenvalue weighted by molar-refractivity contribution is 0.578. The Labute approximate surface area is 141 Å². The Morgan fingerprint density at radius 1 is 1.05 bits per heavy atom. The van der Waals surface area contributed by atoms with Crippen LogP contribution in [0.3, 0.4) is 0 Å². The van der Waals surface area contributed by atoms with Gasteiger partial charge in [-0.05, 0) is 31.4 Å². The summed E-state index contributed by atoms with van der Waals surface area (Å²) >= 11 is 5.76. The highest BCUT2D eigenvalue weighted by Crippen LogP contribution is 2.30. The fourth-order valence-electron chi connectivity index (χ4n) is 2.88. The summed E-state index contributed by atoms with van der Waals surface area (Å²) in [6.07, 6.45) is 3.77. The molecule has 0 radical (unpaired) electrons. The maximum absolute atomic E-state index is 12.0. The molecule has 3 nitrogen and oxygen atoms in total. The van der Waals surface area contributed by atoms with Gasteiger partial charge in [0.25, 0.3) is 5.56 Å². The van der Waals surface area contributed by atoms with Crippen LogP contribution < -0.4 is 10.5 Å². The van der Waals surface area contributed by atoms with Crippen LogP contribution in [-0.2, 0) is 5.88 Å². The number of aromatic amines is 1. The van der Waals surface area contributed by atoms with E-state index in [2.05, 4.69) is 28.1 Å². The fourth-order valence-corrected chi connectivity index (χ4v) is 3.09. The minimum atomic E-state index is -0.101. The first-order valence-corrected chi connectivity index (χ1v) is 7.95. The van der Waals surface area contributed by atoms with Crippen LogP contribution in [0, 0.1) is 0 Å². The quantitative estimate of drug-likeness (QED) is 0.851. The van der Waals surface area contributed by atoms with Gasteiger partial charge in [-0.1, -0.05) is 24.3 Å². The van der Waals surface area contributed by atoms with E-state index in [1.54, 1.807) is 0 Å². The Morgan fingerprint density at radius 3 is 2.45 bits per heavy atom. The molecular formula is C17H20Cl2N2O. The summed E-state index contributed by atoms with van der Waals surface area (Å²) in [6, 6.07) is 12.0. The van der Waals surface area contributed by atoms with Crippen molar-refractivity contribution in [3.63, 3.8) is 0 Å². The van der Waals surface area contributed by atoms with Crippen LogP contribution in [0.4, 0.5) is 5.69 Å². The summed E-state index contributed by atoms with van der Waals surface area (Å²) in [5, 5.41) is 0. The van der Waals surface area contributed by atoms with Gasteiger partial charge >= 0.3 is 0 Å². The summed E-state index contributed by atoms with van der Waals surface area (Å²) in [4.78, 5) is 17.3. The summed E-state index contributed by atoms with van der Waals surface area (Å²) in [7, 11) is 0. The number of nitrogens with zero attached hydrogens (tertiary/aromatic N) is 1. The molecule has 1 aromatic carbocycles. The summed E-state index contributed by atoms with van der Waals surface area (Å²) in [6.45, 7) is 2.17. The summed E-state index contributed by atoms with van der Waals surface area (Å²) in [5.74, 6) is 0.239. The molecule has 0 bridgehead atoms. The van der Waals surface area contributed by atoms with Crippen molar-refractivity contribution >= 4 is 29.7 Å². The van der Waals surface area contributed by atoms with Gasteiger partial charge < -0.3 is 9.88 Å². The van der Waals surface area contributed by atoms with Gasteiger partial charge in [-0.15, -0.1) is 24.0 Å². The highest BCUT2D eigenvalue weighted by Gasteiger charge is 2.15. The van der Waals surface area contributed by atoms with E-state index in [9.17, 15) is 4.79 Å². The first-order valence-electron chi connectivity index (χ1n) is 7.42. The van der Waals surface area contributed by atoms with Crippen LogP contribution in [0.5, 0.6) is 0 Å². The number of para-hydroxylation sites is 1. The zero-order valence-corrected chi connectivity index (χ0v) is 13.9. The molecule has 1 N–H and O–H groups in total. The number of halogens is 2. The predicted molar refractivity (Wildman–Crippen MR) is 95.4 cm³/mol. The van der Waals surface area contributed by atoms with Gasteiger partial charge in [-0.2, -0.15) is 0 Å². The van der Waals surface area contributed by atoms with Crippen LogP contribution in [0.1, 0.15) is 24.8 Å². The lowest BCUT2D eigenvalue weighted by Gasteiger charge is -2.30. The van der Waals surface area contributed by atoms with E-state index in [0.29, 0.717) is 5.56 Å². The Balaban J connectivity index is 0.00000176. The third-order valence-electron chi connectivity index (χ3n) is 4.03. The number of alkyl halides is 1. The van der Waals surface area contributed by atoms with Crippen molar-refractivity contribution in [2.45, 2.75) is 25.1 Å². The Bertz CT molecular complexity index is 678. The lowest BCUT2D eigenvalue weighted by Crippen LogP contribution is -2.29. The second-order valence-electron chi connectivity index (χ2n) is 5.42. The molecule has 0 atom stereocenters. The molecule has 0 aliphatic carbocycles. The monoisotopic (exact) mass is 338 g/mol. The van der Waals surface area contributed by atoms with Gasteiger partial charge in [-0.3, -0.25) is 4.79 Å². The minimum absolute atomic E-state index is 0. The van der Waals surface area contributed by atoms with Crippen LogP contribution in [-0.4, -0.2) is 18.1 Å². The standard InChI is InChI=1S/C17H19ClN2O.ClH/c18-12-13-8-9-15(19-17(13)21)14-6-2-3-7-16(14)20-10-4-1-5-11-20;/h2-3,6-9H,1,4-5,10-12H2,(H,19,21);1H. The molecule has 0 amide bonds. The number of aromatic nitrogens is 1. The molecule has 1 aromatic heterocycles. The number of rotatable bonds is 3. The van der Waals surface area contributed by atoms with Crippen LogP contribution >= 0.6 is 24.0 Å². The van der Waals surface area contributed by atoms with Gasteiger partial charge in [0.2, 0.25) is 0 Å². The Kier molecular flexibility index (Phi) is 5.92. The first-order chi connectivity index (χ1) is 10.3. The molecule has 5 heteroatoms. The number of hydrogen-bond acceptors (Lipinski definition) is 2. The van der Waals surface area contributed by atoms with E-state index in [1.165, 1.54) is 24.9 Å². The molecule has 0 saturated carbocycles. The molecule has 0 spiro atoms. The van der Waals surface area contributed by atoms with E-state index < -0.39 is 0 Å². The lowest BCUT2D eigenvalue weighted by atomic mass is 10.0. The van der Waals surface area contributed by atoms with E-state index in [1.807, 2.05) is 18.2 Å². The van der Waals surface area contributed by atoms with Crippen molar-refractivity contribution in [3.8, 4) is 11.3 Å². The highest BCUT2D eigenvalue weighted by molar-refractivity contribution is 6.17. The van der Waals surface area contributed by atoms with Crippen molar-refractivity contribution in [2.75, 3.05) is 18.0 Å². The number of benzene rings is 1. The summed E-state index contributed by atoms with van der Waals surface area (Å²) < 4.78 is 0. The molecule has 0 unspecified atom stereocenters. The Morgan fingerprint density at radius 2 is 1.77 bits per heavy atom. The normalized spacial score (nSPS) is 14.5. The molecule has 22 heavy (non-hydrogen) atoms. The maximum Gasteiger partial charge on any atom is 0.252 e. The maximum atomic E-state index is 12.0. The van der Waals surface area contributed by atoms with Gasteiger partial charge in [0, 0.05) is 29.9 Å². The number of anilines is 1. The second kappa shape index (κ2) is 7.70. The molecular weight excluding hydrogens is 319 g/mol. The number of hydrogen-bond donors (Lipinski definition) is 1. The van der Waals surface area contributed by atoms with E-state index >= 15 is 0 Å². The minimum Gasteiger partial charge on any atom is -0.371 e. The second-order valence-corrected chi connectivity index (χ2v) is 5.69. The Hall–Kier alpha value is -1.45. The number of pyridine rings is 1. The molecule has 2 aromatic rings. The number of piperidine rings is 1. The highest BCUT2D eigenvalue weighted by atomic mass is 35.5. The van der Waals surface area contributed by atoms with Gasteiger partial charge in [0.15, 0.2) is 0 Å².